The summed E-state index contributed by atoms with van der Waals surface area (Å²) in [6.45, 7) is 15.6. The first kappa shape index (κ1) is 49.6. The Balaban J connectivity index is 1.10. The number of carbonyl (C=O) groups excluding carboxylic acids is 2. The van der Waals surface area contributed by atoms with Crippen LogP contribution in [0.5, 0.6) is 0 Å². The molecule has 3 heterocycles. The molecule has 17 heteroatoms. The van der Waals surface area contributed by atoms with E-state index in [1.54, 1.807) is 0 Å². The van der Waals surface area contributed by atoms with Gasteiger partial charge in [0.2, 0.25) is 0 Å². The largest absolute Gasteiger partial charge is 0.469 e. The molecule has 0 radical (unpaired) electrons. The summed E-state index contributed by atoms with van der Waals surface area (Å²) >= 11 is 0. The van der Waals surface area contributed by atoms with Crippen molar-refractivity contribution in [1.82, 2.24) is 0 Å². The number of allylic oxidation sites excluding steroid dienone is 2. The van der Waals surface area contributed by atoms with E-state index < -0.39 is 116 Å². The van der Waals surface area contributed by atoms with E-state index in [9.17, 15) is 45.3 Å². The second kappa shape index (κ2) is 17.5. The first-order valence-electron chi connectivity index (χ1n) is 23.9. The molecule has 0 unspecified atom stereocenters. The van der Waals surface area contributed by atoms with E-state index in [1.165, 1.54) is 12.7 Å². The van der Waals surface area contributed by atoms with E-state index in [0.29, 0.717) is 12.3 Å². The lowest BCUT2D eigenvalue weighted by molar-refractivity contribution is -0.387. The molecule has 0 aromatic carbocycles. The van der Waals surface area contributed by atoms with Crippen molar-refractivity contribution in [2.24, 2.45) is 50.2 Å². The van der Waals surface area contributed by atoms with Gasteiger partial charge in [-0.3, -0.25) is 4.79 Å². The third kappa shape index (κ3) is 7.86. The van der Waals surface area contributed by atoms with Crippen LogP contribution in [0.15, 0.2) is 11.6 Å². The predicted octanol–water partition coefficient (Wildman–Crippen LogP) is 2.25. The molecule has 0 amide bonds. The van der Waals surface area contributed by atoms with Gasteiger partial charge in [-0.2, -0.15) is 0 Å². The zero-order chi connectivity index (χ0) is 47.4. The Morgan fingerprint density at radius 3 is 1.85 bits per heavy atom. The zero-order valence-electron chi connectivity index (χ0n) is 39.6. The lowest BCUT2D eigenvalue weighted by Crippen LogP contribution is -2.68. The lowest BCUT2D eigenvalue weighted by Gasteiger charge is -2.71. The first-order chi connectivity index (χ1) is 30.4. The molecule has 0 spiro atoms. The van der Waals surface area contributed by atoms with Crippen LogP contribution in [0, 0.1) is 50.2 Å². The van der Waals surface area contributed by atoms with E-state index in [-0.39, 0.29) is 39.5 Å². The molecule has 3 aliphatic heterocycles. The maximum Gasteiger partial charge on any atom is 0.337 e. The van der Waals surface area contributed by atoms with Crippen molar-refractivity contribution in [1.29, 1.82) is 0 Å². The maximum absolute atomic E-state index is 13.8. The van der Waals surface area contributed by atoms with Crippen LogP contribution in [0.25, 0.3) is 0 Å². The molecule has 17 nitrogen and oxygen atoms in total. The van der Waals surface area contributed by atoms with Gasteiger partial charge in [-0.25, -0.2) is 4.79 Å². The molecule has 0 aromatic rings. The van der Waals surface area contributed by atoms with Crippen LogP contribution >= 0.6 is 0 Å². The number of fused-ring (bicyclic) bond motifs is 7. The molecular formula is C48H76O17. The summed E-state index contributed by atoms with van der Waals surface area (Å²) in [5.41, 5.74) is 0.263. The fourth-order valence-corrected chi connectivity index (χ4v) is 14.8. The van der Waals surface area contributed by atoms with E-state index in [2.05, 4.69) is 54.5 Å². The fourth-order valence-electron chi connectivity index (χ4n) is 14.8. The van der Waals surface area contributed by atoms with Crippen LogP contribution in [-0.4, -0.2) is 161 Å². The van der Waals surface area contributed by atoms with Crippen molar-refractivity contribution in [3.63, 3.8) is 0 Å². The number of aliphatic hydroxyl groups excluding tert-OH is 7. The second-order valence-corrected chi connectivity index (χ2v) is 23.0. The number of hydrogen-bond donors (Lipinski definition) is 7. The van der Waals surface area contributed by atoms with Crippen LogP contribution in [0.3, 0.4) is 0 Å². The van der Waals surface area contributed by atoms with Gasteiger partial charge in [-0.05, 0) is 109 Å². The summed E-state index contributed by atoms with van der Waals surface area (Å²) in [5, 5.41) is 75.2. The highest BCUT2D eigenvalue weighted by molar-refractivity contribution is 5.78. The molecule has 7 fully saturated rings. The molecule has 65 heavy (non-hydrogen) atoms. The summed E-state index contributed by atoms with van der Waals surface area (Å²) in [4.78, 5) is 27.1. The number of aliphatic hydroxyl groups is 7. The van der Waals surface area contributed by atoms with Crippen LogP contribution in [-0.2, 0) is 47.5 Å². The zero-order valence-corrected chi connectivity index (χ0v) is 39.6. The third-order valence-corrected chi connectivity index (χ3v) is 18.9. The molecule has 7 N–H and O–H groups in total. The number of ether oxygens (including phenoxy) is 8. The number of rotatable bonds is 8. The normalized spacial score (nSPS) is 51.5. The van der Waals surface area contributed by atoms with E-state index >= 15 is 0 Å². The molecule has 5 aliphatic carbocycles. The standard InChI is InChI=1S/C48H76O17/c1-43(2)16-18-48(42(57)59-9)19-17-46(6)23(24(48)20-43)10-11-28-45(5)14-13-29(44(3,4)27(45)12-15-47(28,46)7)62-41-37(65-40-33(54)31(52)26(50)22-61-40)35(34(55)36(64-41)38(56)58-8)63-39-32(53)30(51)25(49)21-60-39/h10,24-37,39-41,49-55H,11-22H2,1-9H3/t24-,25+,26+,27-,28+,29-,30-,31-,32+,33+,34-,35-,36-,37+,39-,40-,41+,45-,46+,47+,48-/m0/s1. The SMILES string of the molecule is COC(=O)[C@H]1O[C@@H](O[C@H]2CC[C@]3(C)[C@H]4CC=C5[C@@H]6CC(C)(C)CC[C@]6(C(=O)OC)CC[C@@]5(C)[C@]4(C)CC[C@H]3C2(C)C)[C@H](O[C@@H]2OC[C@@H](O)[C@H](O)[C@H]2O)[C@@H](O[C@@H]2OC[C@@H](O)[C@H](O)[C@H]2O)[C@@H]1O. The first-order valence-corrected chi connectivity index (χ1v) is 23.9. The van der Waals surface area contributed by atoms with Gasteiger partial charge < -0.3 is 73.6 Å². The smallest absolute Gasteiger partial charge is 0.337 e. The average Bonchev–Trinajstić information content (AvgIpc) is 3.26. The molecular weight excluding hydrogens is 849 g/mol. The van der Waals surface area contributed by atoms with Gasteiger partial charge in [0.15, 0.2) is 25.0 Å². The average molecular weight is 925 g/mol. The lowest BCUT2D eigenvalue weighted by atomic mass is 9.33. The van der Waals surface area contributed by atoms with E-state index in [1.807, 2.05) is 0 Å². The fraction of sp³-hybridized carbons (Fsp3) is 0.917. The van der Waals surface area contributed by atoms with Crippen LogP contribution in [0.2, 0.25) is 0 Å². The van der Waals surface area contributed by atoms with Crippen molar-refractivity contribution >= 4 is 11.9 Å². The molecule has 4 saturated carbocycles. The van der Waals surface area contributed by atoms with Gasteiger partial charge in [0, 0.05) is 0 Å². The second-order valence-electron chi connectivity index (χ2n) is 23.0. The number of methoxy groups -OCH3 is 2. The molecule has 370 valence electrons. The Kier molecular flexibility index (Phi) is 13.4. The topological polar surface area (TPSA) is 250 Å². The summed E-state index contributed by atoms with van der Waals surface area (Å²) in [6.07, 6.45) is -10.6. The van der Waals surface area contributed by atoms with Gasteiger partial charge in [0.05, 0.1) is 39.0 Å². The minimum absolute atomic E-state index is 0.0514. The number of esters is 2. The van der Waals surface area contributed by atoms with Crippen molar-refractivity contribution in [2.45, 2.75) is 199 Å². The maximum atomic E-state index is 13.8. The van der Waals surface area contributed by atoms with Gasteiger partial charge in [0.1, 0.15) is 54.9 Å². The van der Waals surface area contributed by atoms with Gasteiger partial charge in [0.25, 0.3) is 0 Å². The number of carbonyl (C=O) groups is 2. The van der Waals surface area contributed by atoms with Gasteiger partial charge >= 0.3 is 11.9 Å². The number of hydrogen-bond acceptors (Lipinski definition) is 17. The minimum Gasteiger partial charge on any atom is -0.469 e. The minimum atomic E-state index is -1.86. The quantitative estimate of drug-likeness (QED) is 0.105. The van der Waals surface area contributed by atoms with Crippen molar-refractivity contribution in [3.05, 3.63) is 11.6 Å². The summed E-state index contributed by atoms with van der Waals surface area (Å²) in [5.74, 6) is -0.417. The van der Waals surface area contributed by atoms with Crippen molar-refractivity contribution in [3.8, 4) is 0 Å². The van der Waals surface area contributed by atoms with Crippen LogP contribution < -0.4 is 0 Å². The predicted molar refractivity (Wildman–Crippen MR) is 228 cm³/mol. The Bertz CT molecular complexity index is 1810. The summed E-state index contributed by atoms with van der Waals surface area (Å²) in [6, 6.07) is 0. The molecule has 8 aliphatic rings. The van der Waals surface area contributed by atoms with Crippen LogP contribution in [0.1, 0.15) is 113 Å². The molecule has 0 bridgehead atoms. The molecule has 3 saturated heterocycles. The Hall–Kier alpha value is -1.84. The highest BCUT2D eigenvalue weighted by Crippen LogP contribution is 2.76. The van der Waals surface area contributed by atoms with E-state index in [4.69, 9.17) is 37.9 Å². The molecule has 21 atom stereocenters. The van der Waals surface area contributed by atoms with E-state index in [0.717, 1.165) is 64.9 Å². The summed E-state index contributed by atoms with van der Waals surface area (Å²) < 4.78 is 47.4. The van der Waals surface area contributed by atoms with Crippen molar-refractivity contribution < 1.29 is 83.2 Å². The Morgan fingerprint density at radius 2 is 1.25 bits per heavy atom. The molecule has 8 rings (SSSR count). The van der Waals surface area contributed by atoms with Crippen molar-refractivity contribution in [2.75, 3.05) is 27.4 Å². The Morgan fingerprint density at radius 1 is 0.646 bits per heavy atom. The summed E-state index contributed by atoms with van der Waals surface area (Å²) in [7, 11) is 2.66. The van der Waals surface area contributed by atoms with Gasteiger partial charge in [-0.15, -0.1) is 0 Å². The Labute approximate surface area is 382 Å². The van der Waals surface area contributed by atoms with Gasteiger partial charge in [-0.1, -0.05) is 60.1 Å². The van der Waals surface area contributed by atoms with Crippen LogP contribution in [0.4, 0.5) is 0 Å². The molecule has 0 aromatic heterocycles. The third-order valence-electron chi connectivity index (χ3n) is 18.9. The monoisotopic (exact) mass is 925 g/mol. The highest BCUT2D eigenvalue weighted by atomic mass is 16.8. The highest BCUT2D eigenvalue weighted by Gasteiger charge is 2.70.